The number of nitrogens with zero attached hydrogens (tertiary/aromatic N) is 4. The maximum Gasteiger partial charge on any atom is 0.250 e. The molecule has 3 aromatic carbocycles. The number of hydrogen-bond acceptors (Lipinski definition) is 6. The van der Waals surface area contributed by atoms with Gasteiger partial charge in [-0.15, -0.1) is 10.2 Å². The molecule has 0 radical (unpaired) electrons. The monoisotopic (exact) mass is 516 g/mol. The SMILES string of the molecule is COc1ccc(-c2nnc(SCC(=O)N/N=C\c3c[nH]c4ccccc34)n2-c2ccc(Cl)cc2)cc1. The van der Waals surface area contributed by atoms with Gasteiger partial charge in [-0.25, -0.2) is 5.43 Å². The van der Waals surface area contributed by atoms with Gasteiger partial charge in [0.1, 0.15) is 5.75 Å². The number of amides is 1. The van der Waals surface area contributed by atoms with Crippen molar-refractivity contribution in [3.8, 4) is 22.8 Å². The molecule has 0 aliphatic rings. The number of methoxy groups -OCH3 is 1. The predicted molar refractivity (Wildman–Crippen MR) is 143 cm³/mol. The van der Waals surface area contributed by atoms with Crippen molar-refractivity contribution in [3.63, 3.8) is 0 Å². The largest absolute Gasteiger partial charge is 0.497 e. The fraction of sp³-hybridized carbons (Fsp3) is 0.0769. The summed E-state index contributed by atoms with van der Waals surface area (Å²) in [5, 5.41) is 15.1. The van der Waals surface area contributed by atoms with Gasteiger partial charge >= 0.3 is 0 Å². The Hall–Kier alpha value is -4.08. The van der Waals surface area contributed by atoms with E-state index >= 15 is 0 Å². The fourth-order valence-electron chi connectivity index (χ4n) is 3.65. The van der Waals surface area contributed by atoms with Gasteiger partial charge in [-0.3, -0.25) is 9.36 Å². The molecule has 0 bridgehead atoms. The highest BCUT2D eigenvalue weighted by Gasteiger charge is 2.17. The minimum Gasteiger partial charge on any atom is -0.497 e. The molecule has 10 heteroatoms. The third-order valence-corrected chi connectivity index (χ3v) is 6.59. The van der Waals surface area contributed by atoms with Crippen LogP contribution >= 0.6 is 23.4 Å². The maximum atomic E-state index is 12.5. The van der Waals surface area contributed by atoms with E-state index in [0.29, 0.717) is 16.0 Å². The Kier molecular flexibility index (Phi) is 7.01. The average molecular weight is 517 g/mol. The molecular formula is C26H21ClN6O2S. The van der Waals surface area contributed by atoms with Gasteiger partial charge in [-0.1, -0.05) is 41.6 Å². The number of aromatic amines is 1. The smallest absolute Gasteiger partial charge is 0.250 e. The molecule has 180 valence electrons. The highest BCUT2D eigenvalue weighted by Crippen LogP contribution is 2.29. The number of carbonyl (C=O) groups excluding carboxylic acids is 1. The molecule has 5 aromatic rings. The van der Waals surface area contributed by atoms with Crippen molar-refractivity contribution in [2.75, 3.05) is 12.9 Å². The van der Waals surface area contributed by atoms with Crippen LogP contribution in [-0.4, -0.2) is 44.7 Å². The van der Waals surface area contributed by atoms with E-state index in [0.717, 1.165) is 33.5 Å². The van der Waals surface area contributed by atoms with Gasteiger partial charge in [0.25, 0.3) is 5.91 Å². The summed E-state index contributed by atoms with van der Waals surface area (Å²) in [5.41, 5.74) is 6.17. The normalized spacial score (nSPS) is 11.3. The van der Waals surface area contributed by atoms with Crippen LogP contribution in [-0.2, 0) is 4.79 Å². The number of nitrogens with one attached hydrogen (secondary N) is 2. The standard InChI is InChI=1S/C26H21ClN6O2S/c1-35-21-12-6-17(7-13-21)25-31-32-26(33(25)20-10-8-19(27)9-11-20)36-16-24(34)30-29-15-18-14-28-23-5-3-2-4-22(18)23/h2-15,28H,16H2,1H3,(H,30,34)/b29-15-. The van der Waals surface area contributed by atoms with Crippen molar-refractivity contribution in [2.24, 2.45) is 5.10 Å². The topological polar surface area (TPSA) is 97.2 Å². The van der Waals surface area contributed by atoms with Crippen molar-refractivity contribution in [1.82, 2.24) is 25.2 Å². The second kappa shape index (κ2) is 10.7. The molecule has 2 aromatic heterocycles. The zero-order chi connectivity index (χ0) is 24.9. The van der Waals surface area contributed by atoms with Gasteiger partial charge in [-0.2, -0.15) is 5.10 Å². The van der Waals surface area contributed by atoms with Crippen LogP contribution in [0.1, 0.15) is 5.56 Å². The summed E-state index contributed by atoms with van der Waals surface area (Å²) in [6.45, 7) is 0. The number of H-pyrrole nitrogens is 1. The summed E-state index contributed by atoms with van der Waals surface area (Å²) in [5.74, 6) is 1.24. The first-order valence-corrected chi connectivity index (χ1v) is 12.4. The van der Waals surface area contributed by atoms with E-state index in [2.05, 4.69) is 25.7 Å². The third kappa shape index (κ3) is 5.12. The summed E-state index contributed by atoms with van der Waals surface area (Å²) >= 11 is 7.36. The molecule has 0 saturated heterocycles. The predicted octanol–water partition coefficient (Wildman–Crippen LogP) is 5.32. The molecule has 0 fully saturated rings. The van der Waals surface area contributed by atoms with Crippen LogP contribution in [0, 0.1) is 0 Å². The Morgan fingerprint density at radius 3 is 2.67 bits per heavy atom. The summed E-state index contributed by atoms with van der Waals surface area (Å²) in [6.07, 6.45) is 3.48. The number of rotatable bonds is 8. The molecule has 36 heavy (non-hydrogen) atoms. The average Bonchev–Trinajstić information content (AvgIpc) is 3.52. The number of carbonyl (C=O) groups is 1. The maximum absolute atomic E-state index is 12.5. The van der Waals surface area contributed by atoms with Crippen LogP contribution in [0.2, 0.25) is 5.02 Å². The number of benzene rings is 3. The zero-order valence-electron chi connectivity index (χ0n) is 19.2. The van der Waals surface area contributed by atoms with Gasteiger partial charge in [-0.05, 0) is 54.6 Å². The molecule has 0 aliphatic carbocycles. The zero-order valence-corrected chi connectivity index (χ0v) is 20.8. The Labute approximate surface area is 216 Å². The van der Waals surface area contributed by atoms with Gasteiger partial charge in [0.05, 0.1) is 19.1 Å². The van der Waals surface area contributed by atoms with E-state index in [4.69, 9.17) is 16.3 Å². The van der Waals surface area contributed by atoms with E-state index in [1.807, 2.05) is 71.4 Å². The van der Waals surface area contributed by atoms with Crippen LogP contribution in [0.25, 0.3) is 28.0 Å². The number of halogens is 1. The first-order chi connectivity index (χ1) is 17.6. The molecule has 0 saturated carbocycles. The molecular weight excluding hydrogens is 496 g/mol. The Morgan fingerprint density at radius 2 is 1.89 bits per heavy atom. The molecule has 2 heterocycles. The lowest BCUT2D eigenvalue weighted by atomic mass is 10.2. The lowest BCUT2D eigenvalue weighted by molar-refractivity contribution is -0.118. The summed E-state index contributed by atoms with van der Waals surface area (Å²) in [4.78, 5) is 15.7. The number of thioether (sulfide) groups is 1. The van der Waals surface area contributed by atoms with E-state index < -0.39 is 0 Å². The highest BCUT2D eigenvalue weighted by molar-refractivity contribution is 7.99. The Bertz CT molecular complexity index is 1530. The first kappa shape index (κ1) is 23.7. The number of ether oxygens (including phenoxy) is 1. The highest BCUT2D eigenvalue weighted by atomic mass is 35.5. The molecule has 0 unspecified atom stereocenters. The number of aromatic nitrogens is 4. The summed E-state index contributed by atoms with van der Waals surface area (Å²) < 4.78 is 7.15. The molecule has 8 nitrogen and oxygen atoms in total. The van der Waals surface area contributed by atoms with Gasteiger partial charge in [0.2, 0.25) is 0 Å². The molecule has 0 spiro atoms. The summed E-state index contributed by atoms with van der Waals surface area (Å²) in [7, 11) is 1.62. The fourth-order valence-corrected chi connectivity index (χ4v) is 4.52. The van der Waals surface area contributed by atoms with Crippen molar-refractivity contribution in [2.45, 2.75) is 5.16 Å². The Balaban J connectivity index is 1.32. The van der Waals surface area contributed by atoms with Crippen molar-refractivity contribution < 1.29 is 9.53 Å². The van der Waals surface area contributed by atoms with Gasteiger partial charge < -0.3 is 9.72 Å². The number of hydrogen-bond donors (Lipinski definition) is 2. The van der Waals surface area contributed by atoms with Gasteiger partial charge in [0, 0.05) is 38.9 Å². The third-order valence-electron chi connectivity index (χ3n) is 5.41. The first-order valence-electron chi connectivity index (χ1n) is 11.0. The molecule has 5 rings (SSSR count). The molecule has 2 N–H and O–H groups in total. The molecule has 1 amide bonds. The minimum atomic E-state index is -0.257. The summed E-state index contributed by atoms with van der Waals surface area (Å²) in [6, 6.07) is 22.8. The van der Waals surface area contributed by atoms with E-state index in [1.54, 1.807) is 25.5 Å². The van der Waals surface area contributed by atoms with Crippen molar-refractivity contribution >= 4 is 46.4 Å². The van der Waals surface area contributed by atoms with Crippen LogP contribution in [0.15, 0.2) is 89.3 Å². The van der Waals surface area contributed by atoms with Crippen LogP contribution in [0.3, 0.4) is 0 Å². The van der Waals surface area contributed by atoms with E-state index in [-0.39, 0.29) is 11.7 Å². The second-order valence-corrected chi connectivity index (χ2v) is 9.10. The quantitative estimate of drug-likeness (QED) is 0.165. The number of para-hydroxylation sites is 1. The number of hydrazone groups is 1. The van der Waals surface area contributed by atoms with Crippen LogP contribution < -0.4 is 10.2 Å². The van der Waals surface area contributed by atoms with Crippen molar-refractivity contribution in [1.29, 1.82) is 0 Å². The number of fused-ring (bicyclic) bond motifs is 1. The lowest BCUT2D eigenvalue weighted by Gasteiger charge is -2.11. The molecule has 0 aliphatic heterocycles. The minimum absolute atomic E-state index is 0.111. The Morgan fingerprint density at radius 1 is 1.11 bits per heavy atom. The van der Waals surface area contributed by atoms with Crippen LogP contribution in [0.4, 0.5) is 0 Å². The van der Waals surface area contributed by atoms with E-state index in [9.17, 15) is 4.79 Å². The van der Waals surface area contributed by atoms with Crippen molar-refractivity contribution in [3.05, 3.63) is 89.6 Å². The molecule has 0 atom stereocenters. The van der Waals surface area contributed by atoms with E-state index in [1.165, 1.54) is 11.8 Å². The van der Waals surface area contributed by atoms with Crippen LogP contribution in [0.5, 0.6) is 5.75 Å². The van der Waals surface area contributed by atoms with Gasteiger partial charge in [0.15, 0.2) is 11.0 Å². The second-order valence-electron chi connectivity index (χ2n) is 7.72. The lowest BCUT2D eigenvalue weighted by Crippen LogP contribution is -2.20.